The van der Waals surface area contributed by atoms with Crippen molar-refractivity contribution in [3.05, 3.63) is 71.4 Å². The third kappa shape index (κ3) is 4.17. The van der Waals surface area contributed by atoms with Gasteiger partial charge in [0, 0.05) is 17.5 Å². The summed E-state index contributed by atoms with van der Waals surface area (Å²) in [6.07, 6.45) is 0.438. The minimum atomic E-state index is -0.347. The lowest BCUT2D eigenvalue weighted by atomic mass is 10.1. The van der Waals surface area contributed by atoms with Crippen LogP contribution < -0.4 is 10.6 Å². The quantitative estimate of drug-likeness (QED) is 0.726. The molecule has 0 aliphatic heterocycles. The molecule has 122 valence electrons. The minimum Gasteiger partial charge on any atom is -0.337 e. The monoisotopic (exact) mass is 341 g/mol. The van der Waals surface area contributed by atoms with Gasteiger partial charge in [-0.2, -0.15) is 0 Å². The number of hydrogen-bond acceptors (Lipinski definition) is 3. The van der Waals surface area contributed by atoms with Gasteiger partial charge >= 0.3 is 6.03 Å². The Morgan fingerprint density at radius 1 is 1.08 bits per heavy atom. The molecule has 3 aromatic rings. The summed E-state index contributed by atoms with van der Waals surface area (Å²) in [6.45, 7) is 0.351. The molecule has 0 saturated heterocycles. The van der Waals surface area contributed by atoms with Crippen molar-refractivity contribution >= 4 is 22.5 Å². The van der Waals surface area contributed by atoms with Crippen molar-refractivity contribution in [3.63, 3.8) is 0 Å². The van der Waals surface area contributed by atoms with Crippen LogP contribution in [-0.2, 0) is 6.42 Å². The zero-order valence-electron chi connectivity index (χ0n) is 12.8. The van der Waals surface area contributed by atoms with Gasteiger partial charge in [0.1, 0.15) is 5.82 Å². The van der Waals surface area contributed by atoms with Crippen LogP contribution in [0.2, 0.25) is 0 Å². The predicted molar refractivity (Wildman–Crippen MR) is 94.7 cm³/mol. The van der Waals surface area contributed by atoms with Crippen molar-refractivity contribution in [1.82, 2.24) is 10.3 Å². The van der Waals surface area contributed by atoms with Gasteiger partial charge in [0.25, 0.3) is 0 Å². The Hall–Kier alpha value is -2.73. The molecule has 0 bridgehead atoms. The fourth-order valence-electron chi connectivity index (χ4n) is 2.23. The highest BCUT2D eigenvalue weighted by Gasteiger charge is 2.08. The number of hydrogen-bond donors (Lipinski definition) is 2. The van der Waals surface area contributed by atoms with E-state index in [2.05, 4.69) is 15.6 Å². The second-order valence-corrected chi connectivity index (χ2v) is 5.98. The number of carbonyl (C=O) groups is 1. The van der Waals surface area contributed by atoms with Gasteiger partial charge in [-0.15, -0.1) is 11.3 Å². The Labute approximate surface area is 143 Å². The molecule has 0 saturated carbocycles. The molecule has 24 heavy (non-hydrogen) atoms. The topological polar surface area (TPSA) is 54.0 Å². The summed E-state index contributed by atoms with van der Waals surface area (Å²) in [7, 11) is 0. The highest BCUT2D eigenvalue weighted by Crippen LogP contribution is 2.24. The summed E-state index contributed by atoms with van der Waals surface area (Å²) in [5, 5.41) is 7.82. The lowest BCUT2D eigenvalue weighted by molar-refractivity contribution is 0.252. The van der Waals surface area contributed by atoms with Crippen LogP contribution in [-0.4, -0.2) is 17.6 Å². The van der Waals surface area contributed by atoms with Crippen LogP contribution in [0.4, 0.5) is 14.3 Å². The highest BCUT2D eigenvalue weighted by molar-refractivity contribution is 7.14. The first kappa shape index (κ1) is 16.1. The largest absolute Gasteiger partial charge is 0.337 e. The first-order chi connectivity index (χ1) is 11.7. The van der Waals surface area contributed by atoms with Gasteiger partial charge in [0.05, 0.1) is 5.69 Å². The molecule has 2 N–H and O–H groups in total. The molecule has 0 fully saturated rings. The zero-order chi connectivity index (χ0) is 16.8. The third-order valence-electron chi connectivity index (χ3n) is 3.43. The first-order valence-electron chi connectivity index (χ1n) is 7.51. The summed E-state index contributed by atoms with van der Waals surface area (Å²) in [5.74, 6) is -0.257. The van der Waals surface area contributed by atoms with Crippen molar-refractivity contribution in [3.8, 4) is 11.3 Å². The average Bonchev–Trinajstić information content (AvgIpc) is 3.06. The predicted octanol–water partition coefficient (Wildman–Crippen LogP) is 4.31. The second-order valence-electron chi connectivity index (χ2n) is 5.13. The number of nitrogens with zero attached hydrogens (tertiary/aromatic N) is 1. The van der Waals surface area contributed by atoms with Crippen molar-refractivity contribution in [1.29, 1.82) is 0 Å². The second kappa shape index (κ2) is 7.70. The van der Waals surface area contributed by atoms with Crippen LogP contribution in [0.3, 0.4) is 0 Å². The molecule has 4 nitrogen and oxygen atoms in total. The highest BCUT2D eigenvalue weighted by atomic mass is 32.1. The van der Waals surface area contributed by atoms with Crippen LogP contribution in [0.15, 0.2) is 60.0 Å². The number of nitrogens with one attached hydrogen (secondary N) is 2. The average molecular weight is 341 g/mol. The molecular weight excluding hydrogens is 325 g/mol. The number of amides is 2. The molecule has 3 rings (SSSR count). The Balaban J connectivity index is 1.51. The molecule has 0 unspecified atom stereocenters. The van der Waals surface area contributed by atoms with Gasteiger partial charge in [-0.1, -0.05) is 48.5 Å². The van der Waals surface area contributed by atoms with Crippen LogP contribution in [0.25, 0.3) is 11.3 Å². The third-order valence-corrected chi connectivity index (χ3v) is 4.19. The summed E-state index contributed by atoms with van der Waals surface area (Å²) in [6, 6.07) is 16.0. The standard InChI is InChI=1S/C18H16FN3OS/c19-15-9-5-4-6-13(15)10-11-20-17(23)22-18-21-16(12-24-18)14-7-2-1-3-8-14/h1-9,12H,10-11H2,(H2,20,21,22,23). The van der Waals surface area contributed by atoms with Crippen molar-refractivity contribution < 1.29 is 9.18 Å². The number of anilines is 1. The molecule has 0 radical (unpaired) electrons. The number of halogens is 1. The molecule has 2 aromatic carbocycles. The Kier molecular flexibility index (Phi) is 5.18. The summed E-state index contributed by atoms with van der Waals surface area (Å²) in [5.41, 5.74) is 2.41. The van der Waals surface area contributed by atoms with Crippen LogP contribution >= 0.6 is 11.3 Å². The number of benzene rings is 2. The lowest BCUT2D eigenvalue weighted by Gasteiger charge is -2.06. The van der Waals surface area contributed by atoms with E-state index >= 15 is 0 Å². The number of rotatable bonds is 5. The number of aromatic nitrogens is 1. The Morgan fingerprint density at radius 2 is 1.83 bits per heavy atom. The van der Waals surface area contributed by atoms with Gasteiger partial charge in [-0.3, -0.25) is 5.32 Å². The Bertz CT molecular complexity index is 820. The van der Waals surface area contributed by atoms with E-state index in [0.717, 1.165) is 11.3 Å². The maximum Gasteiger partial charge on any atom is 0.321 e. The van der Waals surface area contributed by atoms with Gasteiger partial charge < -0.3 is 5.32 Å². The molecule has 2 amide bonds. The van der Waals surface area contributed by atoms with E-state index in [0.29, 0.717) is 23.7 Å². The maximum atomic E-state index is 13.5. The minimum absolute atomic E-state index is 0.257. The summed E-state index contributed by atoms with van der Waals surface area (Å²) >= 11 is 1.36. The smallest absolute Gasteiger partial charge is 0.321 e. The van der Waals surface area contributed by atoms with E-state index < -0.39 is 0 Å². The van der Waals surface area contributed by atoms with E-state index in [9.17, 15) is 9.18 Å². The van der Waals surface area contributed by atoms with Crippen molar-refractivity contribution in [2.24, 2.45) is 0 Å². The van der Waals surface area contributed by atoms with Crippen LogP contribution in [0.1, 0.15) is 5.56 Å². The van der Waals surface area contributed by atoms with E-state index in [1.807, 2.05) is 35.7 Å². The van der Waals surface area contributed by atoms with Gasteiger partial charge in [0.2, 0.25) is 0 Å². The van der Waals surface area contributed by atoms with Gasteiger partial charge in [-0.25, -0.2) is 14.2 Å². The summed E-state index contributed by atoms with van der Waals surface area (Å²) in [4.78, 5) is 16.3. The normalized spacial score (nSPS) is 10.4. The van der Waals surface area contributed by atoms with E-state index in [4.69, 9.17) is 0 Å². The Morgan fingerprint density at radius 3 is 2.62 bits per heavy atom. The molecular formula is C18H16FN3OS. The fourth-order valence-corrected chi connectivity index (χ4v) is 2.94. The van der Waals surface area contributed by atoms with Crippen molar-refractivity contribution in [2.75, 3.05) is 11.9 Å². The zero-order valence-corrected chi connectivity index (χ0v) is 13.6. The van der Waals surface area contributed by atoms with Crippen LogP contribution in [0.5, 0.6) is 0 Å². The number of thiazole rings is 1. The molecule has 0 aliphatic carbocycles. The van der Waals surface area contributed by atoms with Gasteiger partial charge in [0.15, 0.2) is 5.13 Å². The van der Waals surface area contributed by atoms with Crippen molar-refractivity contribution in [2.45, 2.75) is 6.42 Å². The maximum absolute atomic E-state index is 13.5. The molecule has 0 atom stereocenters. The molecule has 6 heteroatoms. The van der Waals surface area contributed by atoms with Crippen LogP contribution in [0, 0.1) is 5.82 Å². The first-order valence-corrected chi connectivity index (χ1v) is 8.39. The van der Waals surface area contributed by atoms with Gasteiger partial charge in [-0.05, 0) is 18.1 Å². The SMILES string of the molecule is O=C(NCCc1ccccc1F)Nc1nc(-c2ccccc2)cs1. The number of urea groups is 1. The molecule has 1 aromatic heterocycles. The molecule has 0 spiro atoms. The van der Waals surface area contributed by atoms with E-state index in [1.54, 1.807) is 18.2 Å². The number of carbonyl (C=O) groups excluding carboxylic acids is 1. The lowest BCUT2D eigenvalue weighted by Crippen LogP contribution is -2.30. The van der Waals surface area contributed by atoms with E-state index in [1.165, 1.54) is 17.4 Å². The fraction of sp³-hybridized carbons (Fsp3) is 0.111. The molecule has 0 aliphatic rings. The molecule has 1 heterocycles. The van der Waals surface area contributed by atoms with E-state index in [-0.39, 0.29) is 11.8 Å². The summed E-state index contributed by atoms with van der Waals surface area (Å²) < 4.78 is 13.5.